The summed E-state index contributed by atoms with van der Waals surface area (Å²) < 4.78 is 5.34. The van der Waals surface area contributed by atoms with Gasteiger partial charge in [0.25, 0.3) is 0 Å². The smallest absolute Gasteiger partial charge is 0.246 e. The molecule has 2 aliphatic heterocycles. The van der Waals surface area contributed by atoms with Crippen LogP contribution >= 0.6 is 0 Å². The highest BCUT2D eigenvalue weighted by atomic mass is 16.5. The van der Waals surface area contributed by atoms with E-state index in [2.05, 4.69) is 54.7 Å². The van der Waals surface area contributed by atoms with E-state index in [0.717, 1.165) is 36.3 Å². The second-order valence-corrected chi connectivity index (χ2v) is 10.6. The van der Waals surface area contributed by atoms with Gasteiger partial charge in [-0.25, -0.2) is 9.98 Å². The number of methoxy groups -OCH3 is 1. The zero-order valence-electron chi connectivity index (χ0n) is 25.4. The summed E-state index contributed by atoms with van der Waals surface area (Å²) in [4.78, 5) is 46.9. The monoisotopic (exact) mass is 587 g/mol. The Labute approximate surface area is 253 Å². The van der Waals surface area contributed by atoms with Gasteiger partial charge in [-0.05, 0) is 45.8 Å². The molecule has 2 aromatic heterocycles. The molecule has 2 aromatic rings. The van der Waals surface area contributed by atoms with Gasteiger partial charge in [-0.15, -0.1) is 0 Å². The third-order valence-electron chi connectivity index (χ3n) is 6.92. The first-order chi connectivity index (χ1) is 20.9. The predicted octanol–water partition coefficient (Wildman–Crippen LogP) is 2.70. The van der Waals surface area contributed by atoms with Crippen LogP contribution in [0, 0.1) is 11.8 Å². The van der Waals surface area contributed by atoms with E-state index < -0.39 is 6.04 Å². The van der Waals surface area contributed by atoms with Crippen molar-refractivity contribution in [2.24, 2.45) is 4.99 Å². The third-order valence-corrected chi connectivity index (χ3v) is 6.92. The Morgan fingerprint density at radius 2 is 2.09 bits per heavy atom. The van der Waals surface area contributed by atoms with Crippen molar-refractivity contribution >= 4 is 35.2 Å². The lowest BCUT2D eigenvalue weighted by atomic mass is 10.2. The molecule has 0 radical (unpaired) electrons. The molecule has 4 heterocycles. The minimum Gasteiger partial charge on any atom is -0.481 e. The number of carbonyl (C=O) groups excluding carboxylic acids is 2. The van der Waals surface area contributed by atoms with Crippen molar-refractivity contribution in [1.82, 2.24) is 30.1 Å². The van der Waals surface area contributed by atoms with Crippen molar-refractivity contribution in [3.63, 3.8) is 0 Å². The number of nitrogens with zero attached hydrogens (tertiary/aromatic N) is 6. The molecule has 1 saturated heterocycles. The predicted molar refractivity (Wildman–Crippen MR) is 167 cm³/mol. The summed E-state index contributed by atoms with van der Waals surface area (Å²) in [7, 11) is 5.48. The van der Waals surface area contributed by atoms with E-state index in [1.54, 1.807) is 30.5 Å². The van der Waals surface area contributed by atoms with E-state index in [4.69, 9.17) is 4.74 Å². The summed E-state index contributed by atoms with van der Waals surface area (Å²) in [6.45, 7) is 5.12. The summed E-state index contributed by atoms with van der Waals surface area (Å²) >= 11 is 0. The molecule has 3 N–H and O–H groups in total. The lowest BCUT2D eigenvalue weighted by Gasteiger charge is -2.22. The number of hydrogen-bond donors (Lipinski definition) is 3. The van der Waals surface area contributed by atoms with Crippen molar-refractivity contribution in [2.75, 3.05) is 58.0 Å². The molecule has 0 spiro atoms. The zero-order chi connectivity index (χ0) is 30.6. The Hall–Kier alpha value is -4.50. The van der Waals surface area contributed by atoms with Gasteiger partial charge in [-0.3, -0.25) is 14.6 Å². The molecule has 0 aliphatic carbocycles. The molecule has 2 aliphatic rings. The third kappa shape index (κ3) is 8.75. The number of carbonyl (C=O) groups is 2. The lowest BCUT2D eigenvalue weighted by molar-refractivity contribution is -0.135. The molecular formula is C31H41N9O3. The largest absolute Gasteiger partial charge is 0.481 e. The fourth-order valence-electron chi connectivity index (χ4n) is 4.75. The summed E-state index contributed by atoms with van der Waals surface area (Å²) in [5, 5.41) is 9.52. The molecule has 0 bridgehead atoms. The Kier molecular flexibility index (Phi) is 11.4. The second-order valence-electron chi connectivity index (χ2n) is 10.6. The van der Waals surface area contributed by atoms with Crippen LogP contribution in [0.15, 0.2) is 35.6 Å². The topological polar surface area (TPSA) is 137 Å². The number of fused-ring (bicyclic) bond motifs is 1. The van der Waals surface area contributed by atoms with Crippen molar-refractivity contribution in [1.29, 1.82) is 0 Å². The maximum Gasteiger partial charge on any atom is 0.246 e. The number of aliphatic imine (C=N–C) groups is 1. The van der Waals surface area contributed by atoms with Gasteiger partial charge in [0, 0.05) is 38.7 Å². The normalized spacial score (nSPS) is 15.6. The maximum atomic E-state index is 12.8. The summed E-state index contributed by atoms with van der Waals surface area (Å²) in [5.41, 5.74) is 3.17. The van der Waals surface area contributed by atoms with Crippen molar-refractivity contribution < 1.29 is 14.3 Å². The first kappa shape index (κ1) is 31.4. The van der Waals surface area contributed by atoms with Gasteiger partial charge in [0.1, 0.15) is 11.9 Å². The summed E-state index contributed by atoms with van der Waals surface area (Å²) in [6, 6.07) is 1.51. The van der Waals surface area contributed by atoms with Gasteiger partial charge in [-0.1, -0.05) is 24.8 Å². The molecule has 4 rings (SSSR count). The van der Waals surface area contributed by atoms with Crippen molar-refractivity contribution in [3.8, 4) is 11.8 Å². The molecule has 1 fully saturated rings. The van der Waals surface area contributed by atoms with Gasteiger partial charge in [0.05, 0.1) is 48.6 Å². The lowest BCUT2D eigenvalue weighted by Crippen LogP contribution is -2.45. The average Bonchev–Trinajstić information content (AvgIpc) is 3.65. The van der Waals surface area contributed by atoms with E-state index in [-0.39, 0.29) is 11.8 Å². The van der Waals surface area contributed by atoms with Gasteiger partial charge >= 0.3 is 0 Å². The SMILES string of the molecule is CCCNc1nc(Nc2cnc3c(c2)C(OC)=NC3)ncc1C#CCCCNC(=O)[C@@H]1CCCN1C(=O)/C=C/CN(C)C. The Bertz CT molecular complexity index is 1410. The molecule has 12 nitrogen and oxygen atoms in total. The molecule has 43 heavy (non-hydrogen) atoms. The molecule has 0 aromatic carbocycles. The first-order valence-corrected chi connectivity index (χ1v) is 14.7. The Balaban J connectivity index is 1.29. The van der Waals surface area contributed by atoms with E-state index in [1.807, 2.05) is 31.1 Å². The number of likely N-dealkylation sites (N-methyl/N-ethyl adjacent to an activating group) is 1. The highest BCUT2D eigenvalue weighted by molar-refractivity contribution is 5.98. The van der Waals surface area contributed by atoms with Crippen molar-refractivity contribution in [3.05, 3.63) is 47.4 Å². The second kappa shape index (κ2) is 15.7. The molecule has 2 amide bonds. The number of unbranched alkanes of at least 4 members (excludes halogenated alkanes) is 1. The van der Waals surface area contributed by atoms with Crippen LogP contribution in [0.25, 0.3) is 0 Å². The molecule has 12 heteroatoms. The molecular weight excluding hydrogens is 546 g/mol. The Morgan fingerprint density at radius 1 is 1.23 bits per heavy atom. The van der Waals surface area contributed by atoms with Crippen LogP contribution in [0.4, 0.5) is 17.5 Å². The van der Waals surface area contributed by atoms with Crippen LogP contribution in [0.2, 0.25) is 0 Å². The number of rotatable bonds is 12. The fraction of sp³-hybridized carbons (Fsp3) is 0.484. The number of nitrogens with one attached hydrogen (secondary N) is 3. The van der Waals surface area contributed by atoms with E-state index in [1.165, 1.54) is 0 Å². The first-order valence-electron chi connectivity index (χ1n) is 14.7. The van der Waals surface area contributed by atoms with Gasteiger partial charge in [0.2, 0.25) is 23.7 Å². The Morgan fingerprint density at radius 3 is 2.88 bits per heavy atom. The number of amides is 2. The number of pyridine rings is 1. The van der Waals surface area contributed by atoms with E-state index in [9.17, 15) is 9.59 Å². The van der Waals surface area contributed by atoms with Crippen LogP contribution in [0.5, 0.6) is 0 Å². The van der Waals surface area contributed by atoms with Crippen molar-refractivity contribution in [2.45, 2.75) is 51.6 Å². The molecule has 228 valence electrons. The quantitative estimate of drug-likeness (QED) is 0.194. The highest BCUT2D eigenvalue weighted by Gasteiger charge is 2.32. The van der Waals surface area contributed by atoms with Gasteiger partial charge < -0.3 is 30.5 Å². The van der Waals surface area contributed by atoms with E-state index >= 15 is 0 Å². The fourth-order valence-corrected chi connectivity index (χ4v) is 4.75. The number of hydrogen-bond acceptors (Lipinski definition) is 10. The highest BCUT2D eigenvalue weighted by Crippen LogP contribution is 2.23. The van der Waals surface area contributed by atoms with Gasteiger partial charge in [-0.2, -0.15) is 4.98 Å². The van der Waals surface area contributed by atoms with E-state index in [0.29, 0.717) is 68.7 Å². The van der Waals surface area contributed by atoms with Gasteiger partial charge in [0.15, 0.2) is 0 Å². The maximum absolute atomic E-state index is 12.8. The van der Waals surface area contributed by atoms with Crippen LogP contribution in [-0.4, -0.2) is 95.9 Å². The number of anilines is 3. The number of ether oxygens (including phenoxy) is 1. The standard InChI is InChI=1S/C31H41N9O3/c1-5-14-32-28-22(19-36-31(38-28)37-23-18-24-25(34-20-23)21-35-30(24)43-4)11-7-6-8-15-33-29(42)26-12-9-17-40(26)27(41)13-10-16-39(2)3/h10,13,18-20,26H,5-6,8-9,12,14-17,21H2,1-4H3,(H,33,42)(H2,32,36,37,38)/b13-10+/t26-/m0/s1. The number of aromatic nitrogens is 3. The summed E-state index contributed by atoms with van der Waals surface area (Å²) in [5.74, 6) is 7.77. The molecule has 1 atom stereocenters. The van der Waals surface area contributed by atoms with Crippen LogP contribution < -0.4 is 16.0 Å². The zero-order valence-corrected chi connectivity index (χ0v) is 25.4. The molecule has 0 saturated carbocycles. The minimum absolute atomic E-state index is 0.105. The average molecular weight is 588 g/mol. The molecule has 0 unspecified atom stereocenters. The van der Waals surface area contributed by atoms with Crippen LogP contribution in [-0.2, 0) is 20.9 Å². The van der Waals surface area contributed by atoms with Crippen LogP contribution in [0.1, 0.15) is 55.8 Å². The summed E-state index contributed by atoms with van der Waals surface area (Å²) in [6.07, 6.45) is 10.6. The van der Waals surface area contributed by atoms with Crippen LogP contribution in [0.3, 0.4) is 0 Å². The number of likely N-dealkylation sites (tertiary alicyclic amines) is 1. The minimum atomic E-state index is -0.415.